The highest BCUT2D eigenvalue weighted by molar-refractivity contribution is 5.93. The molecule has 0 saturated carbocycles. The van der Waals surface area contributed by atoms with Gasteiger partial charge in [0.15, 0.2) is 0 Å². The normalized spacial score (nSPS) is 9.87. The van der Waals surface area contributed by atoms with Gasteiger partial charge in [-0.15, -0.1) is 0 Å². The molecule has 0 unspecified atom stereocenters. The summed E-state index contributed by atoms with van der Waals surface area (Å²) in [6.07, 6.45) is 3.82. The second-order valence-corrected chi connectivity index (χ2v) is 3.23. The summed E-state index contributed by atoms with van der Waals surface area (Å²) in [5.41, 5.74) is 0.685. The number of nitrogens with one attached hydrogen (secondary N) is 1. The number of carbonyl (C=O) groups excluding carboxylic acids is 1. The highest BCUT2D eigenvalue weighted by Crippen LogP contribution is 1.98. The van der Waals surface area contributed by atoms with E-state index in [4.69, 9.17) is 0 Å². The molecule has 1 amide bonds. The summed E-state index contributed by atoms with van der Waals surface area (Å²) < 4.78 is 1.90. The average Bonchev–Trinajstić information content (AvgIpc) is 2.80. The number of aromatic nitrogens is 1. The van der Waals surface area contributed by atoms with E-state index >= 15 is 0 Å². The Kier molecular flexibility index (Phi) is 2.83. The van der Waals surface area contributed by atoms with E-state index in [-0.39, 0.29) is 5.91 Å². The van der Waals surface area contributed by atoms with Gasteiger partial charge in [0.25, 0.3) is 5.91 Å². The Morgan fingerprint density at radius 3 is 2.40 bits per heavy atom. The Morgan fingerprint density at radius 2 is 1.73 bits per heavy atom. The maximum Gasteiger partial charge on any atom is 0.252 e. The Bertz CT molecular complexity index is 420. The lowest BCUT2D eigenvalue weighted by atomic mass is 10.2. The molecule has 2 rings (SSSR count). The molecule has 0 aliphatic heterocycles. The van der Waals surface area contributed by atoms with Crippen LogP contribution in [0.5, 0.6) is 0 Å². The van der Waals surface area contributed by atoms with Gasteiger partial charge in [0, 0.05) is 18.0 Å². The molecule has 0 saturated heterocycles. The van der Waals surface area contributed by atoms with E-state index in [2.05, 4.69) is 5.32 Å². The van der Waals surface area contributed by atoms with Gasteiger partial charge in [-0.05, 0) is 24.3 Å². The van der Waals surface area contributed by atoms with Crippen LogP contribution in [0, 0.1) is 0 Å². The van der Waals surface area contributed by atoms with Crippen LogP contribution in [0.1, 0.15) is 10.4 Å². The SMILES string of the molecule is O=C(NCn1cccc1)c1ccccc1. The second-order valence-electron chi connectivity index (χ2n) is 3.23. The smallest absolute Gasteiger partial charge is 0.252 e. The minimum absolute atomic E-state index is 0.0516. The number of hydrogen-bond acceptors (Lipinski definition) is 1. The third-order valence-corrected chi connectivity index (χ3v) is 2.12. The molecule has 1 aromatic heterocycles. The molecule has 1 heterocycles. The minimum atomic E-state index is -0.0516. The van der Waals surface area contributed by atoms with Gasteiger partial charge >= 0.3 is 0 Å². The highest BCUT2D eigenvalue weighted by atomic mass is 16.1. The van der Waals surface area contributed by atoms with E-state index in [1.165, 1.54) is 0 Å². The van der Waals surface area contributed by atoms with Crippen molar-refractivity contribution in [2.75, 3.05) is 0 Å². The molecular formula is C12H12N2O. The number of benzene rings is 1. The first-order chi connectivity index (χ1) is 7.36. The van der Waals surface area contributed by atoms with Crippen LogP contribution in [0.15, 0.2) is 54.9 Å². The first-order valence-corrected chi connectivity index (χ1v) is 4.80. The van der Waals surface area contributed by atoms with Gasteiger partial charge in [-0.2, -0.15) is 0 Å². The summed E-state index contributed by atoms with van der Waals surface area (Å²) >= 11 is 0. The lowest BCUT2D eigenvalue weighted by molar-refractivity contribution is 0.0942. The molecule has 1 N–H and O–H groups in total. The number of rotatable bonds is 3. The van der Waals surface area contributed by atoms with Crippen LogP contribution >= 0.6 is 0 Å². The van der Waals surface area contributed by atoms with Crippen LogP contribution in [0.25, 0.3) is 0 Å². The van der Waals surface area contributed by atoms with Crippen LogP contribution in [0.3, 0.4) is 0 Å². The summed E-state index contributed by atoms with van der Waals surface area (Å²) in [7, 11) is 0. The van der Waals surface area contributed by atoms with Crippen molar-refractivity contribution in [2.24, 2.45) is 0 Å². The summed E-state index contributed by atoms with van der Waals surface area (Å²) in [6.45, 7) is 0.501. The molecule has 1 aromatic carbocycles. The van der Waals surface area contributed by atoms with Gasteiger partial charge < -0.3 is 9.88 Å². The Labute approximate surface area is 88.3 Å². The van der Waals surface area contributed by atoms with E-state index in [1.807, 2.05) is 47.3 Å². The van der Waals surface area contributed by atoms with Crippen molar-refractivity contribution in [3.8, 4) is 0 Å². The molecule has 0 atom stereocenters. The summed E-state index contributed by atoms with van der Waals surface area (Å²) in [5.74, 6) is -0.0516. The molecule has 0 aliphatic carbocycles. The highest BCUT2D eigenvalue weighted by Gasteiger charge is 2.02. The third-order valence-electron chi connectivity index (χ3n) is 2.12. The summed E-state index contributed by atoms with van der Waals surface area (Å²) in [5, 5.41) is 2.83. The Morgan fingerprint density at radius 1 is 1.07 bits per heavy atom. The van der Waals surface area contributed by atoms with Crippen molar-refractivity contribution in [1.29, 1.82) is 0 Å². The zero-order valence-corrected chi connectivity index (χ0v) is 8.26. The largest absolute Gasteiger partial charge is 0.336 e. The van der Waals surface area contributed by atoms with Crippen LogP contribution in [0.4, 0.5) is 0 Å². The standard InChI is InChI=1S/C12H12N2O/c15-12(11-6-2-1-3-7-11)13-10-14-8-4-5-9-14/h1-9H,10H2,(H,13,15). The average molecular weight is 200 g/mol. The quantitative estimate of drug-likeness (QED) is 0.806. The van der Waals surface area contributed by atoms with Crippen molar-refractivity contribution in [1.82, 2.24) is 9.88 Å². The van der Waals surface area contributed by atoms with Crippen molar-refractivity contribution >= 4 is 5.91 Å². The molecule has 3 nitrogen and oxygen atoms in total. The fourth-order valence-electron chi connectivity index (χ4n) is 1.33. The van der Waals surface area contributed by atoms with E-state index in [0.29, 0.717) is 12.2 Å². The molecule has 76 valence electrons. The van der Waals surface area contributed by atoms with Crippen LogP contribution in [-0.2, 0) is 6.67 Å². The Hall–Kier alpha value is -2.03. The number of carbonyl (C=O) groups is 1. The van der Waals surface area contributed by atoms with E-state index in [1.54, 1.807) is 12.1 Å². The van der Waals surface area contributed by atoms with Crippen molar-refractivity contribution in [3.63, 3.8) is 0 Å². The van der Waals surface area contributed by atoms with Gasteiger partial charge in [-0.3, -0.25) is 4.79 Å². The number of hydrogen-bond donors (Lipinski definition) is 1. The minimum Gasteiger partial charge on any atom is -0.336 e. The van der Waals surface area contributed by atoms with Gasteiger partial charge in [0.1, 0.15) is 0 Å². The maximum absolute atomic E-state index is 11.6. The van der Waals surface area contributed by atoms with Crippen molar-refractivity contribution in [2.45, 2.75) is 6.67 Å². The topological polar surface area (TPSA) is 34.0 Å². The number of nitrogens with zero attached hydrogens (tertiary/aromatic N) is 1. The van der Waals surface area contributed by atoms with Crippen LogP contribution in [0.2, 0.25) is 0 Å². The lowest BCUT2D eigenvalue weighted by Crippen LogP contribution is -2.25. The molecule has 2 aromatic rings. The lowest BCUT2D eigenvalue weighted by Gasteiger charge is -2.05. The molecule has 0 aliphatic rings. The van der Waals surface area contributed by atoms with Gasteiger partial charge in [-0.1, -0.05) is 18.2 Å². The molecule has 0 spiro atoms. The fraction of sp³-hybridized carbons (Fsp3) is 0.0833. The van der Waals surface area contributed by atoms with Crippen LogP contribution < -0.4 is 5.32 Å². The molecule has 15 heavy (non-hydrogen) atoms. The predicted molar refractivity (Wildman–Crippen MR) is 58.3 cm³/mol. The van der Waals surface area contributed by atoms with Gasteiger partial charge in [-0.25, -0.2) is 0 Å². The fourth-order valence-corrected chi connectivity index (χ4v) is 1.33. The summed E-state index contributed by atoms with van der Waals surface area (Å²) in [4.78, 5) is 11.6. The molecular weight excluding hydrogens is 188 g/mol. The number of amides is 1. The zero-order valence-electron chi connectivity index (χ0n) is 8.26. The predicted octanol–water partition coefficient (Wildman–Crippen LogP) is 1.88. The van der Waals surface area contributed by atoms with Crippen molar-refractivity contribution in [3.05, 3.63) is 60.4 Å². The monoisotopic (exact) mass is 200 g/mol. The third kappa shape index (κ3) is 2.47. The first-order valence-electron chi connectivity index (χ1n) is 4.80. The van der Waals surface area contributed by atoms with Gasteiger partial charge in [0.05, 0.1) is 6.67 Å². The van der Waals surface area contributed by atoms with E-state index < -0.39 is 0 Å². The van der Waals surface area contributed by atoms with Crippen molar-refractivity contribution < 1.29 is 4.79 Å². The molecule has 0 fully saturated rings. The molecule has 3 heteroatoms. The first kappa shape index (κ1) is 9.52. The van der Waals surface area contributed by atoms with E-state index in [0.717, 1.165) is 0 Å². The molecule has 0 bridgehead atoms. The zero-order chi connectivity index (χ0) is 10.5. The van der Waals surface area contributed by atoms with E-state index in [9.17, 15) is 4.79 Å². The van der Waals surface area contributed by atoms with Gasteiger partial charge in [0.2, 0.25) is 0 Å². The maximum atomic E-state index is 11.6. The molecule has 0 radical (unpaired) electrons. The van der Waals surface area contributed by atoms with Crippen LogP contribution in [-0.4, -0.2) is 10.5 Å². The summed E-state index contributed by atoms with van der Waals surface area (Å²) in [6, 6.07) is 13.0. The Balaban J connectivity index is 1.94. The second kappa shape index (κ2) is 4.46.